The molecule has 0 spiro atoms. The number of aliphatic hydroxyl groups excluding tert-OH is 2. The summed E-state index contributed by atoms with van der Waals surface area (Å²) in [4.78, 5) is 2.75. The zero-order valence-electron chi connectivity index (χ0n) is 20.0. The third kappa shape index (κ3) is 24.0. The summed E-state index contributed by atoms with van der Waals surface area (Å²) in [6.45, 7) is 6.90. The van der Waals surface area contributed by atoms with Gasteiger partial charge in [-0.3, -0.25) is 0 Å². The van der Waals surface area contributed by atoms with E-state index in [1.165, 1.54) is 135 Å². The average molecular weight is 414 g/mol. The molecule has 0 rings (SSSR count). The van der Waals surface area contributed by atoms with Gasteiger partial charge in [0.1, 0.15) is 0 Å². The van der Waals surface area contributed by atoms with Gasteiger partial charge >= 0.3 is 0 Å². The zero-order valence-corrected chi connectivity index (χ0v) is 20.0. The Hall–Kier alpha value is -0.120. The topological polar surface area (TPSA) is 43.7 Å². The summed E-state index contributed by atoms with van der Waals surface area (Å²) in [5, 5.41) is 17.7. The Kier molecular flexibility index (Phi) is 25.8. The Labute approximate surface area is 183 Å². The third-order valence-corrected chi connectivity index (χ3v) is 6.09. The molecule has 0 aromatic carbocycles. The van der Waals surface area contributed by atoms with Crippen molar-refractivity contribution in [3.05, 3.63) is 0 Å². The van der Waals surface area contributed by atoms with E-state index in [-0.39, 0.29) is 0 Å². The molecule has 0 aliphatic rings. The van der Waals surface area contributed by atoms with E-state index in [0.717, 1.165) is 12.8 Å². The molecule has 0 aliphatic heterocycles. The van der Waals surface area contributed by atoms with Crippen LogP contribution in [0.25, 0.3) is 0 Å². The Morgan fingerprint density at radius 1 is 0.379 bits per heavy atom. The fraction of sp³-hybridized carbons (Fsp3) is 1.00. The van der Waals surface area contributed by atoms with Crippen molar-refractivity contribution in [3.8, 4) is 0 Å². The van der Waals surface area contributed by atoms with Crippen molar-refractivity contribution in [1.29, 1.82) is 0 Å². The van der Waals surface area contributed by atoms with Gasteiger partial charge in [-0.2, -0.15) is 0 Å². The summed E-state index contributed by atoms with van der Waals surface area (Å²) in [7, 11) is 0. The quantitative estimate of drug-likeness (QED) is 0.157. The first-order chi connectivity index (χ1) is 14.3. The molecular formula is C26H55NO2. The third-order valence-electron chi connectivity index (χ3n) is 6.09. The minimum atomic E-state index is 0.357. The molecule has 3 heteroatoms. The van der Waals surface area contributed by atoms with Gasteiger partial charge in [0.25, 0.3) is 0 Å². The molecule has 0 saturated carbocycles. The summed E-state index contributed by atoms with van der Waals surface area (Å²) < 4.78 is 0. The maximum absolute atomic E-state index is 8.84. The van der Waals surface area contributed by atoms with Crippen molar-refractivity contribution in [2.24, 2.45) is 0 Å². The molecule has 0 saturated heterocycles. The predicted octanol–water partition coefficient (Wildman–Crippen LogP) is 7.09. The average Bonchev–Trinajstić information content (AvgIpc) is 2.73. The molecule has 0 amide bonds. The van der Waals surface area contributed by atoms with Gasteiger partial charge in [0.05, 0.1) is 0 Å². The first-order valence-electron chi connectivity index (χ1n) is 13.3. The first-order valence-corrected chi connectivity index (χ1v) is 13.3. The van der Waals surface area contributed by atoms with Gasteiger partial charge in [0.2, 0.25) is 0 Å². The number of aliphatic hydroxyl groups is 2. The Morgan fingerprint density at radius 2 is 0.655 bits per heavy atom. The molecule has 176 valence electrons. The van der Waals surface area contributed by atoms with Crippen LogP contribution in [0.5, 0.6) is 0 Å². The fourth-order valence-corrected chi connectivity index (χ4v) is 4.11. The van der Waals surface area contributed by atoms with E-state index < -0.39 is 0 Å². The van der Waals surface area contributed by atoms with E-state index >= 15 is 0 Å². The van der Waals surface area contributed by atoms with E-state index in [1.807, 2.05) is 0 Å². The molecule has 0 unspecified atom stereocenters. The highest BCUT2D eigenvalue weighted by molar-refractivity contribution is 4.60. The zero-order chi connectivity index (χ0) is 21.3. The standard InChI is InChI=1S/C26H55NO2/c1-2-3-4-5-12-17-22-27(23-18-13-8-6-10-15-20-25-28)24-19-14-9-7-11-16-21-26-29/h28-29H,2-26H2,1H3. The van der Waals surface area contributed by atoms with Crippen molar-refractivity contribution in [1.82, 2.24) is 4.90 Å². The van der Waals surface area contributed by atoms with Crippen LogP contribution in [0.1, 0.15) is 135 Å². The van der Waals surface area contributed by atoms with E-state index in [2.05, 4.69) is 11.8 Å². The molecule has 29 heavy (non-hydrogen) atoms. The highest BCUT2D eigenvalue weighted by Crippen LogP contribution is 2.12. The Balaban J connectivity index is 3.79. The van der Waals surface area contributed by atoms with Crippen molar-refractivity contribution < 1.29 is 10.2 Å². The second-order valence-corrected chi connectivity index (χ2v) is 9.01. The fourth-order valence-electron chi connectivity index (χ4n) is 4.11. The first kappa shape index (κ1) is 28.9. The van der Waals surface area contributed by atoms with Crippen LogP contribution in [0.15, 0.2) is 0 Å². The summed E-state index contributed by atoms with van der Waals surface area (Å²) in [5.74, 6) is 0. The van der Waals surface area contributed by atoms with Crippen LogP contribution in [-0.2, 0) is 0 Å². The maximum Gasteiger partial charge on any atom is 0.0431 e. The normalized spacial score (nSPS) is 11.6. The van der Waals surface area contributed by atoms with Crippen LogP contribution < -0.4 is 0 Å². The number of hydrogen-bond acceptors (Lipinski definition) is 3. The molecule has 0 bridgehead atoms. The largest absolute Gasteiger partial charge is 0.396 e. The van der Waals surface area contributed by atoms with Crippen molar-refractivity contribution in [3.63, 3.8) is 0 Å². The second-order valence-electron chi connectivity index (χ2n) is 9.01. The van der Waals surface area contributed by atoms with Gasteiger partial charge in [-0.25, -0.2) is 0 Å². The number of rotatable bonds is 25. The van der Waals surface area contributed by atoms with E-state index in [0.29, 0.717) is 13.2 Å². The Morgan fingerprint density at radius 3 is 0.966 bits per heavy atom. The molecule has 0 aromatic rings. The molecule has 0 aromatic heterocycles. The SMILES string of the molecule is CCCCCCCCN(CCCCCCCCCO)CCCCCCCCCO. The lowest BCUT2D eigenvalue weighted by Gasteiger charge is -2.22. The van der Waals surface area contributed by atoms with Crippen LogP contribution in [0, 0.1) is 0 Å². The number of unbranched alkanes of at least 4 members (excludes halogenated alkanes) is 17. The van der Waals surface area contributed by atoms with Crippen LogP contribution in [0.3, 0.4) is 0 Å². The van der Waals surface area contributed by atoms with Crippen molar-refractivity contribution in [2.45, 2.75) is 135 Å². The van der Waals surface area contributed by atoms with Gasteiger partial charge in [-0.1, -0.05) is 103 Å². The van der Waals surface area contributed by atoms with Gasteiger partial charge in [-0.05, 0) is 51.7 Å². The monoisotopic (exact) mass is 413 g/mol. The van der Waals surface area contributed by atoms with Crippen LogP contribution in [0.2, 0.25) is 0 Å². The van der Waals surface area contributed by atoms with Crippen molar-refractivity contribution in [2.75, 3.05) is 32.8 Å². The van der Waals surface area contributed by atoms with E-state index in [1.54, 1.807) is 0 Å². The van der Waals surface area contributed by atoms with Gasteiger partial charge in [0, 0.05) is 13.2 Å². The minimum Gasteiger partial charge on any atom is -0.396 e. The minimum absolute atomic E-state index is 0.357. The van der Waals surface area contributed by atoms with Gasteiger partial charge in [0.15, 0.2) is 0 Å². The molecule has 0 fully saturated rings. The molecule has 0 atom stereocenters. The Bertz CT molecular complexity index is 266. The molecular weight excluding hydrogens is 358 g/mol. The lowest BCUT2D eigenvalue weighted by Crippen LogP contribution is -2.27. The molecule has 3 nitrogen and oxygen atoms in total. The second kappa shape index (κ2) is 25.9. The molecule has 0 radical (unpaired) electrons. The van der Waals surface area contributed by atoms with Gasteiger partial charge < -0.3 is 15.1 Å². The summed E-state index contributed by atoms with van der Waals surface area (Å²) >= 11 is 0. The van der Waals surface area contributed by atoms with Crippen molar-refractivity contribution >= 4 is 0 Å². The number of hydrogen-bond donors (Lipinski definition) is 2. The number of nitrogens with zero attached hydrogens (tertiary/aromatic N) is 1. The highest BCUT2D eigenvalue weighted by atomic mass is 16.3. The smallest absolute Gasteiger partial charge is 0.0431 e. The molecule has 0 heterocycles. The highest BCUT2D eigenvalue weighted by Gasteiger charge is 2.05. The lowest BCUT2D eigenvalue weighted by atomic mass is 10.1. The summed E-state index contributed by atoms with van der Waals surface area (Å²) in [5.41, 5.74) is 0. The van der Waals surface area contributed by atoms with Gasteiger partial charge in [-0.15, -0.1) is 0 Å². The van der Waals surface area contributed by atoms with E-state index in [9.17, 15) is 0 Å². The summed E-state index contributed by atoms with van der Waals surface area (Å²) in [6, 6.07) is 0. The van der Waals surface area contributed by atoms with Crippen LogP contribution in [0.4, 0.5) is 0 Å². The van der Waals surface area contributed by atoms with Crippen LogP contribution in [-0.4, -0.2) is 48.0 Å². The lowest BCUT2D eigenvalue weighted by molar-refractivity contribution is 0.253. The van der Waals surface area contributed by atoms with Crippen LogP contribution >= 0.6 is 0 Å². The van der Waals surface area contributed by atoms with E-state index in [4.69, 9.17) is 10.2 Å². The summed E-state index contributed by atoms with van der Waals surface area (Å²) in [6.07, 6.45) is 26.2. The molecule has 2 N–H and O–H groups in total. The maximum atomic E-state index is 8.84. The predicted molar refractivity (Wildman–Crippen MR) is 129 cm³/mol. The molecule has 0 aliphatic carbocycles.